The van der Waals surface area contributed by atoms with Gasteiger partial charge in [-0.25, -0.2) is 0 Å². The number of carbonyl (C=O) groups is 2. The maximum Gasteiger partial charge on any atom is 0.198 e. The highest BCUT2D eigenvalue weighted by molar-refractivity contribution is 6.17. The van der Waals surface area contributed by atoms with Gasteiger partial charge < -0.3 is 20.1 Å². The molecule has 1 fully saturated rings. The van der Waals surface area contributed by atoms with E-state index in [-0.39, 0.29) is 17.0 Å². The zero-order chi connectivity index (χ0) is 20.5. The van der Waals surface area contributed by atoms with Crippen molar-refractivity contribution in [1.29, 1.82) is 0 Å². The van der Waals surface area contributed by atoms with Crippen LogP contribution in [-0.2, 0) is 15.4 Å². The van der Waals surface area contributed by atoms with E-state index in [1.54, 1.807) is 43.3 Å². The number of rotatable bonds is 6. The van der Waals surface area contributed by atoms with Crippen molar-refractivity contribution >= 4 is 23.2 Å². The van der Waals surface area contributed by atoms with Gasteiger partial charge in [-0.2, -0.15) is 0 Å². The molecule has 0 aromatic heterocycles. The molecule has 0 spiro atoms. The van der Waals surface area contributed by atoms with Crippen molar-refractivity contribution < 1.29 is 29.6 Å². The van der Waals surface area contributed by atoms with Crippen molar-refractivity contribution in [2.45, 2.75) is 43.3 Å². The number of Topliss-reactive ketones (excluding diaryl/α,β-unsaturated/α-hetero) is 2. The van der Waals surface area contributed by atoms with Crippen LogP contribution in [0.2, 0.25) is 0 Å². The van der Waals surface area contributed by atoms with E-state index in [0.29, 0.717) is 11.1 Å². The monoisotopic (exact) mass is 404 g/mol. The molecule has 3 rings (SSSR count). The average Bonchev–Trinajstić information content (AvgIpc) is 3.02. The summed E-state index contributed by atoms with van der Waals surface area (Å²) in [6, 6.07) is 13.2. The van der Waals surface area contributed by atoms with Crippen LogP contribution in [0, 0.1) is 6.92 Å². The minimum Gasteiger partial charge on any atom is -0.380 e. The first-order valence-electron chi connectivity index (χ1n) is 8.81. The fourth-order valence-corrected chi connectivity index (χ4v) is 3.73. The highest BCUT2D eigenvalue weighted by atomic mass is 35.5. The van der Waals surface area contributed by atoms with Gasteiger partial charge in [0.2, 0.25) is 0 Å². The smallest absolute Gasteiger partial charge is 0.198 e. The van der Waals surface area contributed by atoms with Crippen LogP contribution < -0.4 is 0 Å². The molecule has 0 saturated carbocycles. The van der Waals surface area contributed by atoms with Crippen LogP contribution in [0.5, 0.6) is 0 Å². The molecule has 2 unspecified atom stereocenters. The molecule has 1 aliphatic rings. The summed E-state index contributed by atoms with van der Waals surface area (Å²) in [5.74, 6) is -1.59. The van der Waals surface area contributed by atoms with Crippen LogP contribution in [0.15, 0.2) is 48.5 Å². The lowest BCUT2D eigenvalue weighted by Gasteiger charge is -2.28. The van der Waals surface area contributed by atoms with Gasteiger partial charge in [-0.05, 0) is 23.6 Å². The Labute approximate surface area is 167 Å². The molecule has 4 atom stereocenters. The predicted octanol–water partition coefficient (Wildman–Crippen LogP) is 2.06. The van der Waals surface area contributed by atoms with E-state index in [4.69, 9.17) is 16.3 Å². The van der Waals surface area contributed by atoms with Gasteiger partial charge in [0.05, 0.1) is 0 Å². The summed E-state index contributed by atoms with van der Waals surface area (Å²) in [6.07, 6.45) is -5.36. The van der Waals surface area contributed by atoms with E-state index in [1.165, 1.54) is 12.1 Å². The third-order valence-corrected chi connectivity index (χ3v) is 5.31. The second kappa shape index (κ2) is 8.11. The lowest BCUT2D eigenvalue weighted by Crippen LogP contribution is -2.51. The molecule has 0 aliphatic carbocycles. The number of carbonyl (C=O) groups excluding carboxylic acids is 2. The zero-order valence-electron chi connectivity index (χ0n) is 15.2. The van der Waals surface area contributed by atoms with E-state index in [1.807, 2.05) is 0 Å². The molecule has 28 heavy (non-hydrogen) atoms. The van der Waals surface area contributed by atoms with Crippen molar-refractivity contribution in [3.63, 3.8) is 0 Å². The Morgan fingerprint density at radius 2 is 1.86 bits per heavy atom. The fraction of sp³-hybridized carbons (Fsp3) is 0.333. The van der Waals surface area contributed by atoms with Gasteiger partial charge in [0.15, 0.2) is 29.6 Å². The second-order valence-electron chi connectivity index (χ2n) is 6.88. The Morgan fingerprint density at radius 1 is 1.21 bits per heavy atom. The van der Waals surface area contributed by atoms with E-state index < -0.39 is 42.1 Å². The predicted molar refractivity (Wildman–Crippen MR) is 102 cm³/mol. The Hall–Kier alpha value is -2.09. The van der Waals surface area contributed by atoms with Gasteiger partial charge in [-0.3, -0.25) is 9.59 Å². The Morgan fingerprint density at radius 3 is 2.54 bits per heavy atom. The molecule has 3 N–H and O–H groups in total. The van der Waals surface area contributed by atoms with Gasteiger partial charge in [0.25, 0.3) is 0 Å². The average molecular weight is 405 g/mol. The molecule has 7 heteroatoms. The number of aliphatic hydroxyl groups is 3. The summed E-state index contributed by atoms with van der Waals surface area (Å²) in [4.78, 5) is 26.0. The molecule has 2 aromatic rings. The Kier molecular flexibility index (Phi) is 5.98. The number of aliphatic hydroxyl groups excluding tert-OH is 2. The normalized spacial score (nSPS) is 25.5. The molecule has 0 amide bonds. The molecule has 6 nitrogen and oxygen atoms in total. The first kappa shape index (κ1) is 20.6. The van der Waals surface area contributed by atoms with Crippen LogP contribution in [0.25, 0.3) is 0 Å². The summed E-state index contributed by atoms with van der Waals surface area (Å²) < 4.78 is 5.18. The first-order chi connectivity index (χ1) is 13.3. The molecule has 2 aromatic carbocycles. The minimum atomic E-state index is -2.29. The van der Waals surface area contributed by atoms with Crippen LogP contribution in [0.4, 0.5) is 0 Å². The van der Waals surface area contributed by atoms with Crippen molar-refractivity contribution in [3.8, 4) is 0 Å². The number of aryl methyl sites for hydroxylation is 1. The molecular formula is C21H21ClO6. The highest BCUT2D eigenvalue weighted by Crippen LogP contribution is 2.37. The third-order valence-electron chi connectivity index (χ3n) is 5.02. The maximum absolute atomic E-state index is 13.0. The molecule has 1 aliphatic heterocycles. The minimum absolute atomic E-state index is 0.0705. The van der Waals surface area contributed by atoms with E-state index >= 15 is 0 Å². The topological polar surface area (TPSA) is 104 Å². The van der Waals surface area contributed by atoms with E-state index in [0.717, 1.165) is 0 Å². The molecule has 1 saturated heterocycles. The molecule has 148 valence electrons. The van der Waals surface area contributed by atoms with Crippen LogP contribution in [0.1, 0.15) is 39.6 Å². The molecule has 0 bridgehead atoms. The van der Waals surface area contributed by atoms with Crippen molar-refractivity contribution in [2.24, 2.45) is 0 Å². The summed E-state index contributed by atoms with van der Waals surface area (Å²) >= 11 is 5.87. The van der Waals surface area contributed by atoms with Gasteiger partial charge >= 0.3 is 0 Å². The Bertz CT molecular complexity index is 898. The number of ketones is 2. The van der Waals surface area contributed by atoms with Gasteiger partial charge in [0.1, 0.15) is 6.10 Å². The van der Waals surface area contributed by atoms with Crippen molar-refractivity contribution in [3.05, 3.63) is 70.8 Å². The summed E-state index contributed by atoms with van der Waals surface area (Å²) in [5, 5.41) is 31.6. The lowest BCUT2D eigenvalue weighted by molar-refractivity contribution is -0.155. The zero-order valence-corrected chi connectivity index (χ0v) is 16.0. The van der Waals surface area contributed by atoms with Crippen LogP contribution in [0.3, 0.4) is 0 Å². The van der Waals surface area contributed by atoms with Crippen molar-refractivity contribution in [2.75, 3.05) is 0 Å². The quantitative estimate of drug-likeness (QED) is 0.503. The molecule has 1 heterocycles. The number of hydrogen-bond acceptors (Lipinski definition) is 6. The maximum atomic E-state index is 13.0. The van der Waals surface area contributed by atoms with Crippen LogP contribution >= 0.6 is 11.6 Å². The van der Waals surface area contributed by atoms with Crippen LogP contribution in [-0.4, -0.2) is 44.9 Å². The molecule has 0 radical (unpaired) electrons. The fourth-order valence-electron chi connectivity index (χ4n) is 3.49. The standard InChI is InChI=1S/C21H21ClO6/c1-12-6-2-4-8-14(12)19(26)21(27)10-16(23)28-20(21)18(25)17(24)15-9-5-3-7-13(15)11-22/h2-9,16-17,20,23-24,27H,10-11H2,1H3/t16?,17?,20-,21-/m0/s1. The van der Waals surface area contributed by atoms with E-state index in [2.05, 4.69) is 0 Å². The number of ether oxygens (including phenoxy) is 1. The SMILES string of the molecule is Cc1ccccc1C(=O)[C@@]1(O)CC(O)O[C@H]1C(=O)C(O)c1ccccc1CCl. The highest BCUT2D eigenvalue weighted by Gasteiger charge is 2.57. The van der Waals surface area contributed by atoms with Crippen molar-refractivity contribution in [1.82, 2.24) is 0 Å². The lowest BCUT2D eigenvalue weighted by atomic mass is 9.81. The Balaban J connectivity index is 1.96. The third kappa shape index (κ3) is 3.62. The summed E-state index contributed by atoms with van der Waals surface area (Å²) in [6.45, 7) is 1.70. The van der Waals surface area contributed by atoms with Gasteiger partial charge in [-0.1, -0.05) is 48.5 Å². The first-order valence-corrected chi connectivity index (χ1v) is 9.35. The summed E-state index contributed by atoms with van der Waals surface area (Å²) in [7, 11) is 0. The number of hydrogen-bond donors (Lipinski definition) is 3. The van der Waals surface area contributed by atoms with Gasteiger partial charge in [0, 0.05) is 17.9 Å². The van der Waals surface area contributed by atoms with Gasteiger partial charge in [-0.15, -0.1) is 11.6 Å². The second-order valence-corrected chi connectivity index (χ2v) is 7.15. The number of halogens is 1. The van der Waals surface area contributed by atoms with E-state index in [9.17, 15) is 24.9 Å². The number of alkyl halides is 1. The summed E-state index contributed by atoms with van der Waals surface area (Å²) in [5.41, 5.74) is -0.660. The molecular weight excluding hydrogens is 384 g/mol. The largest absolute Gasteiger partial charge is 0.380 e. The number of benzene rings is 2.